The highest BCUT2D eigenvalue weighted by Crippen LogP contribution is 2.14. The minimum atomic E-state index is -0.346. The Morgan fingerprint density at radius 3 is 2.83 bits per heavy atom. The van der Waals surface area contributed by atoms with Gasteiger partial charge in [-0.25, -0.2) is 4.98 Å². The average molecular weight is 493 g/mol. The third-order valence-corrected chi connectivity index (χ3v) is 7.20. The quantitative estimate of drug-likeness (QED) is 0.289. The van der Waals surface area contributed by atoms with Gasteiger partial charge in [-0.2, -0.15) is 0 Å². The molecule has 1 saturated heterocycles. The summed E-state index contributed by atoms with van der Waals surface area (Å²) in [6, 6.07) is 10.9. The van der Waals surface area contributed by atoms with Crippen LogP contribution in [-0.2, 0) is 17.7 Å². The Balaban J connectivity index is 1.45. The van der Waals surface area contributed by atoms with Gasteiger partial charge in [-0.15, -0.1) is 11.3 Å². The fourth-order valence-electron chi connectivity index (χ4n) is 4.38. The Hall–Kier alpha value is -3.34. The molecule has 5 rings (SSSR count). The second-order valence-corrected chi connectivity index (χ2v) is 9.57. The third-order valence-electron chi connectivity index (χ3n) is 6.27. The zero-order chi connectivity index (χ0) is 24.2. The van der Waals surface area contributed by atoms with Gasteiger partial charge in [0.1, 0.15) is 16.8 Å². The number of carbonyl (C=O) groups is 1. The summed E-state index contributed by atoms with van der Waals surface area (Å²) in [6.07, 6.45) is 3.16. The number of fused-ring (bicyclic) bond motifs is 2. The molecule has 0 bridgehead atoms. The number of thiophene rings is 1. The van der Waals surface area contributed by atoms with Crippen LogP contribution < -0.4 is 16.4 Å². The number of aromatic nitrogens is 3. The largest absolute Gasteiger partial charge is 0.379 e. The first-order valence-corrected chi connectivity index (χ1v) is 12.7. The maximum absolute atomic E-state index is 13.3. The predicted octanol–water partition coefficient (Wildman–Crippen LogP) is 1.88. The van der Waals surface area contributed by atoms with Crippen molar-refractivity contribution in [2.45, 2.75) is 19.4 Å². The van der Waals surface area contributed by atoms with Gasteiger partial charge in [0.25, 0.3) is 11.5 Å². The Bertz CT molecular complexity index is 1450. The zero-order valence-corrected chi connectivity index (χ0v) is 20.2. The molecule has 9 nitrogen and oxygen atoms in total. The second kappa shape index (κ2) is 10.5. The van der Waals surface area contributed by atoms with E-state index in [1.54, 1.807) is 34.2 Å². The van der Waals surface area contributed by atoms with Gasteiger partial charge < -0.3 is 14.6 Å². The topological polar surface area (TPSA) is 105 Å². The molecule has 1 aliphatic rings. The van der Waals surface area contributed by atoms with Crippen LogP contribution in [0.5, 0.6) is 0 Å². The van der Waals surface area contributed by atoms with E-state index < -0.39 is 0 Å². The molecule has 10 heteroatoms. The molecule has 0 radical (unpaired) electrons. The predicted molar refractivity (Wildman–Crippen MR) is 135 cm³/mol. The Morgan fingerprint density at radius 2 is 2.03 bits per heavy atom. The summed E-state index contributed by atoms with van der Waals surface area (Å²) >= 11 is 1.64. The van der Waals surface area contributed by atoms with Crippen LogP contribution in [0.4, 0.5) is 0 Å². The Morgan fingerprint density at radius 1 is 1.17 bits per heavy atom. The summed E-state index contributed by atoms with van der Waals surface area (Å²) in [4.78, 5) is 34.6. The summed E-state index contributed by atoms with van der Waals surface area (Å²) in [7, 11) is 0. The molecular formula is C25H28N6O3S. The molecule has 0 aliphatic carbocycles. The smallest absolute Gasteiger partial charge is 0.267 e. The normalized spacial score (nSPS) is 14.5. The van der Waals surface area contributed by atoms with Crippen molar-refractivity contribution in [1.82, 2.24) is 24.2 Å². The van der Waals surface area contributed by atoms with Gasteiger partial charge in [0, 0.05) is 37.3 Å². The molecule has 0 saturated carbocycles. The number of pyridine rings is 2. The van der Waals surface area contributed by atoms with Crippen molar-refractivity contribution in [3.63, 3.8) is 0 Å². The standard InChI is InChI=1S/C25H28N6O3S/c26-22-19(24(32)27-8-4-9-29-12-14-34-15-13-29)17-20-23(31(22)11-7-18-5-3-16-35-18)28-21-6-1-2-10-30(21)25(20)33/h1-3,5-6,10,16-17,26H,4,7-9,11-15H2,(H,27,32). The fourth-order valence-corrected chi connectivity index (χ4v) is 5.08. The molecule has 0 aromatic carbocycles. The molecule has 1 aliphatic heterocycles. The van der Waals surface area contributed by atoms with E-state index in [1.807, 2.05) is 23.6 Å². The van der Waals surface area contributed by atoms with Crippen LogP contribution in [-0.4, -0.2) is 64.2 Å². The minimum absolute atomic E-state index is 0.0620. The minimum Gasteiger partial charge on any atom is -0.379 e. The number of carbonyl (C=O) groups excluding carboxylic acids is 1. The molecule has 0 spiro atoms. The van der Waals surface area contributed by atoms with Crippen LogP contribution in [0.15, 0.2) is 52.8 Å². The number of rotatable bonds is 8. The molecule has 0 unspecified atom stereocenters. The van der Waals surface area contributed by atoms with E-state index in [9.17, 15) is 9.59 Å². The van der Waals surface area contributed by atoms with Crippen LogP contribution in [0.25, 0.3) is 16.7 Å². The SMILES string of the molecule is N=c1c(C(=O)NCCCN2CCOCC2)cc2c(=O)n3ccccc3nc2n1CCc1cccs1. The molecular weight excluding hydrogens is 464 g/mol. The number of morpholine rings is 1. The van der Waals surface area contributed by atoms with Crippen molar-refractivity contribution in [3.8, 4) is 0 Å². The van der Waals surface area contributed by atoms with Gasteiger partial charge in [-0.1, -0.05) is 12.1 Å². The average Bonchev–Trinajstić information content (AvgIpc) is 3.40. The maximum Gasteiger partial charge on any atom is 0.267 e. The lowest BCUT2D eigenvalue weighted by Gasteiger charge is -2.26. The first-order valence-electron chi connectivity index (χ1n) is 11.8. The monoisotopic (exact) mass is 492 g/mol. The highest BCUT2D eigenvalue weighted by atomic mass is 32.1. The number of hydrogen-bond acceptors (Lipinski definition) is 7. The Labute approximate surface area is 206 Å². The first kappa shape index (κ1) is 23.4. The summed E-state index contributed by atoms with van der Waals surface area (Å²) in [6.45, 7) is 5.13. The molecule has 2 N–H and O–H groups in total. The number of amides is 1. The lowest BCUT2D eigenvalue weighted by Crippen LogP contribution is -2.39. The van der Waals surface area contributed by atoms with Crippen molar-refractivity contribution in [3.05, 3.63) is 74.3 Å². The molecule has 4 aromatic rings. The first-order chi connectivity index (χ1) is 17.1. The van der Waals surface area contributed by atoms with Crippen molar-refractivity contribution in [2.75, 3.05) is 39.4 Å². The lowest BCUT2D eigenvalue weighted by atomic mass is 10.2. The number of aryl methyl sites for hydroxylation is 2. The molecule has 4 aromatic heterocycles. The summed E-state index contributed by atoms with van der Waals surface area (Å²) in [5, 5.41) is 14.1. The number of nitrogens with one attached hydrogen (secondary N) is 2. The van der Waals surface area contributed by atoms with Gasteiger partial charge in [0.05, 0.1) is 24.2 Å². The van der Waals surface area contributed by atoms with E-state index in [0.29, 0.717) is 36.2 Å². The molecule has 5 heterocycles. The van der Waals surface area contributed by atoms with E-state index >= 15 is 0 Å². The summed E-state index contributed by atoms with van der Waals surface area (Å²) < 4.78 is 8.53. The highest BCUT2D eigenvalue weighted by molar-refractivity contribution is 7.09. The van der Waals surface area contributed by atoms with Crippen LogP contribution in [0.3, 0.4) is 0 Å². The van der Waals surface area contributed by atoms with E-state index in [0.717, 1.165) is 39.3 Å². The summed E-state index contributed by atoms with van der Waals surface area (Å²) in [5.41, 5.74) is 0.926. The van der Waals surface area contributed by atoms with Crippen molar-refractivity contribution in [1.29, 1.82) is 5.41 Å². The lowest BCUT2D eigenvalue weighted by molar-refractivity contribution is 0.0374. The molecule has 1 amide bonds. The summed E-state index contributed by atoms with van der Waals surface area (Å²) in [5.74, 6) is -0.346. The van der Waals surface area contributed by atoms with E-state index in [1.165, 1.54) is 15.3 Å². The second-order valence-electron chi connectivity index (χ2n) is 8.53. The van der Waals surface area contributed by atoms with Crippen LogP contribution in [0.1, 0.15) is 21.7 Å². The van der Waals surface area contributed by atoms with Crippen molar-refractivity contribution < 1.29 is 9.53 Å². The molecule has 1 fully saturated rings. The molecule has 182 valence electrons. The zero-order valence-electron chi connectivity index (χ0n) is 19.4. The van der Waals surface area contributed by atoms with Crippen molar-refractivity contribution >= 4 is 33.9 Å². The molecule has 0 atom stereocenters. The van der Waals surface area contributed by atoms with Gasteiger partial charge in [0.2, 0.25) is 0 Å². The van der Waals surface area contributed by atoms with E-state index in [4.69, 9.17) is 10.1 Å². The van der Waals surface area contributed by atoms with Crippen LogP contribution in [0.2, 0.25) is 0 Å². The van der Waals surface area contributed by atoms with Gasteiger partial charge in [-0.3, -0.25) is 24.3 Å². The van der Waals surface area contributed by atoms with Gasteiger partial charge in [0.15, 0.2) is 0 Å². The maximum atomic E-state index is 13.3. The number of ether oxygens (including phenoxy) is 1. The van der Waals surface area contributed by atoms with Crippen molar-refractivity contribution in [2.24, 2.45) is 0 Å². The van der Waals surface area contributed by atoms with Gasteiger partial charge >= 0.3 is 0 Å². The number of nitrogens with zero attached hydrogens (tertiary/aromatic N) is 4. The van der Waals surface area contributed by atoms with E-state index in [2.05, 4.69) is 15.2 Å². The van der Waals surface area contributed by atoms with Crippen LogP contribution >= 0.6 is 11.3 Å². The van der Waals surface area contributed by atoms with Crippen LogP contribution in [0, 0.1) is 5.41 Å². The number of hydrogen-bond donors (Lipinski definition) is 2. The third kappa shape index (κ3) is 5.04. The molecule has 35 heavy (non-hydrogen) atoms. The fraction of sp³-hybridized carbons (Fsp3) is 0.360. The highest BCUT2D eigenvalue weighted by Gasteiger charge is 2.18. The Kier molecular flexibility index (Phi) is 7.03. The van der Waals surface area contributed by atoms with Gasteiger partial charge in [-0.05, 0) is 49.0 Å². The van der Waals surface area contributed by atoms with E-state index in [-0.39, 0.29) is 22.5 Å².